The maximum absolute atomic E-state index is 11.8. The van der Waals surface area contributed by atoms with E-state index >= 15 is 0 Å². The predicted molar refractivity (Wildman–Crippen MR) is 65.1 cm³/mol. The van der Waals surface area contributed by atoms with Gasteiger partial charge in [-0.1, -0.05) is 20.3 Å². The molecule has 0 spiro atoms. The number of nitrogens with two attached hydrogens (primary N) is 2. The number of aromatic nitrogens is 2. The van der Waals surface area contributed by atoms with Crippen LogP contribution in [0.5, 0.6) is 0 Å². The van der Waals surface area contributed by atoms with Gasteiger partial charge in [0.1, 0.15) is 11.6 Å². The van der Waals surface area contributed by atoms with Crippen LogP contribution in [-0.4, -0.2) is 9.97 Å². The normalized spacial score (nSPS) is 14.8. The van der Waals surface area contributed by atoms with E-state index < -0.39 is 5.54 Å². The van der Waals surface area contributed by atoms with Crippen molar-refractivity contribution in [3.05, 3.63) is 21.7 Å². The van der Waals surface area contributed by atoms with Gasteiger partial charge in [0.15, 0.2) is 0 Å². The van der Waals surface area contributed by atoms with Crippen molar-refractivity contribution in [2.75, 3.05) is 5.73 Å². The van der Waals surface area contributed by atoms with Gasteiger partial charge in [-0.15, -0.1) is 0 Å². The van der Waals surface area contributed by atoms with Gasteiger partial charge in [0.2, 0.25) is 0 Å². The summed E-state index contributed by atoms with van der Waals surface area (Å²) in [5, 5.41) is 0. The van der Waals surface area contributed by atoms with Crippen molar-refractivity contribution in [1.29, 1.82) is 0 Å². The van der Waals surface area contributed by atoms with Crippen LogP contribution >= 0.6 is 0 Å². The maximum atomic E-state index is 11.8. The molecule has 90 valence electrons. The Morgan fingerprint density at radius 1 is 1.44 bits per heavy atom. The van der Waals surface area contributed by atoms with Crippen molar-refractivity contribution in [2.45, 2.75) is 45.6 Å². The molecule has 0 radical (unpaired) electrons. The van der Waals surface area contributed by atoms with Gasteiger partial charge in [0, 0.05) is 0 Å². The molecular formula is C11H20N4O. The van der Waals surface area contributed by atoms with E-state index in [0.29, 0.717) is 30.0 Å². The summed E-state index contributed by atoms with van der Waals surface area (Å²) in [7, 11) is 0. The standard InChI is InChI=1S/C11H20N4O/c1-4-6-7-8(12)14-10(15-9(7)16)11(3,13)5-2/h4-6,13H2,1-3H3,(H3,12,14,15,16)/t11-/m1/s1. The molecule has 0 aliphatic carbocycles. The van der Waals surface area contributed by atoms with Gasteiger partial charge in [-0.2, -0.15) is 0 Å². The molecule has 0 unspecified atom stereocenters. The van der Waals surface area contributed by atoms with E-state index in [1.807, 2.05) is 20.8 Å². The molecule has 16 heavy (non-hydrogen) atoms. The van der Waals surface area contributed by atoms with Crippen LogP contribution in [-0.2, 0) is 12.0 Å². The van der Waals surface area contributed by atoms with E-state index in [0.717, 1.165) is 6.42 Å². The molecule has 0 saturated heterocycles. The highest BCUT2D eigenvalue weighted by Gasteiger charge is 2.23. The van der Waals surface area contributed by atoms with Crippen molar-refractivity contribution >= 4 is 5.82 Å². The lowest BCUT2D eigenvalue weighted by atomic mass is 9.99. The first-order chi connectivity index (χ1) is 7.42. The largest absolute Gasteiger partial charge is 0.383 e. The lowest BCUT2D eigenvalue weighted by molar-refractivity contribution is 0.444. The highest BCUT2D eigenvalue weighted by atomic mass is 16.1. The first kappa shape index (κ1) is 12.7. The minimum Gasteiger partial charge on any atom is -0.383 e. The zero-order valence-corrected chi connectivity index (χ0v) is 10.1. The lowest BCUT2D eigenvalue weighted by Gasteiger charge is -2.22. The second-order valence-electron chi connectivity index (χ2n) is 4.30. The minimum atomic E-state index is -0.641. The average molecular weight is 224 g/mol. The van der Waals surface area contributed by atoms with Gasteiger partial charge >= 0.3 is 0 Å². The molecule has 1 atom stereocenters. The monoisotopic (exact) mass is 224 g/mol. The second kappa shape index (κ2) is 4.65. The van der Waals surface area contributed by atoms with E-state index in [4.69, 9.17) is 11.5 Å². The molecule has 5 heteroatoms. The molecule has 0 saturated carbocycles. The minimum absolute atomic E-state index is 0.172. The van der Waals surface area contributed by atoms with Crippen LogP contribution in [0.15, 0.2) is 4.79 Å². The molecule has 0 aliphatic heterocycles. The van der Waals surface area contributed by atoms with Crippen molar-refractivity contribution in [1.82, 2.24) is 9.97 Å². The van der Waals surface area contributed by atoms with Gasteiger partial charge in [-0.05, 0) is 19.8 Å². The molecule has 1 rings (SSSR count). The summed E-state index contributed by atoms with van der Waals surface area (Å²) in [5.74, 6) is 0.753. The van der Waals surface area contributed by atoms with Gasteiger partial charge in [0.05, 0.1) is 11.1 Å². The highest BCUT2D eigenvalue weighted by Crippen LogP contribution is 2.17. The highest BCUT2D eigenvalue weighted by molar-refractivity contribution is 5.38. The molecule has 0 fully saturated rings. The first-order valence-electron chi connectivity index (χ1n) is 5.60. The Balaban J connectivity index is 3.25. The van der Waals surface area contributed by atoms with Crippen molar-refractivity contribution in [2.24, 2.45) is 5.73 Å². The number of nitrogen functional groups attached to an aromatic ring is 1. The number of nitrogens with one attached hydrogen (secondary N) is 1. The summed E-state index contributed by atoms with van der Waals surface area (Å²) in [4.78, 5) is 18.7. The molecule has 1 aromatic rings. The molecule has 5 nitrogen and oxygen atoms in total. The first-order valence-corrected chi connectivity index (χ1v) is 5.60. The third-order valence-electron chi connectivity index (χ3n) is 2.82. The fourth-order valence-corrected chi connectivity index (χ4v) is 1.44. The predicted octanol–water partition coefficient (Wildman–Crippen LogP) is 0.888. The van der Waals surface area contributed by atoms with E-state index in [9.17, 15) is 4.79 Å². The second-order valence-corrected chi connectivity index (χ2v) is 4.30. The summed E-state index contributed by atoms with van der Waals surface area (Å²) < 4.78 is 0. The summed E-state index contributed by atoms with van der Waals surface area (Å²) >= 11 is 0. The van der Waals surface area contributed by atoms with Crippen LogP contribution in [0, 0.1) is 0 Å². The third-order valence-corrected chi connectivity index (χ3v) is 2.82. The molecule has 0 amide bonds. The van der Waals surface area contributed by atoms with Crippen LogP contribution in [0.4, 0.5) is 5.82 Å². The number of rotatable bonds is 4. The maximum Gasteiger partial charge on any atom is 0.256 e. The Morgan fingerprint density at radius 3 is 2.50 bits per heavy atom. The lowest BCUT2D eigenvalue weighted by Crippen LogP contribution is -2.37. The molecule has 0 aliphatic rings. The quantitative estimate of drug-likeness (QED) is 0.707. The molecule has 5 N–H and O–H groups in total. The van der Waals surface area contributed by atoms with Crippen molar-refractivity contribution in [3.63, 3.8) is 0 Å². The number of aromatic amines is 1. The third kappa shape index (κ3) is 2.41. The Morgan fingerprint density at radius 2 is 2.06 bits per heavy atom. The van der Waals surface area contributed by atoms with Crippen LogP contribution in [0.2, 0.25) is 0 Å². The van der Waals surface area contributed by atoms with Crippen LogP contribution in [0.25, 0.3) is 0 Å². The smallest absolute Gasteiger partial charge is 0.256 e. The van der Waals surface area contributed by atoms with Crippen LogP contribution in [0.1, 0.15) is 45.0 Å². The summed E-state index contributed by atoms with van der Waals surface area (Å²) in [5.41, 5.74) is 11.5. The van der Waals surface area contributed by atoms with Gasteiger partial charge in [-0.25, -0.2) is 4.98 Å². The van der Waals surface area contributed by atoms with Crippen LogP contribution in [0.3, 0.4) is 0 Å². The molecule has 1 heterocycles. The summed E-state index contributed by atoms with van der Waals surface area (Å²) in [6.07, 6.45) is 2.19. The zero-order chi connectivity index (χ0) is 12.3. The summed E-state index contributed by atoms with van der Waals surface area (Å²) in [6.45, 7) is 5.76. The molecule has 1 aromatic heterocycles. The number of H-pyrrole nitrogens is 1. The van der Waals surface area contributed by atoms with E-state index in [1.165, 1.54) is 0 Å². The zero-order valence-electron chi connectivity index (χ0n) is 10.1. The summed E-state index contributed by atoms with van der Waals surface area (Å²) in [6, 6.07) is 0. The number of anilines is 1. The number of hydrogen-bond donors (Lipinski definition) is 3. The molecular weight excluding hydrogens is 204 g/mol. The fourth-order valence-electron chi connectivity index (χ4n) is 1.44. The van der Waals surface area contributed by atoms with Gasteiger partial charge < -0.3 is 16.5 Å². The van der Waals surface area contributed by atoms with Gasteiger partial charge in [0.25, 0.3) is 5.56 Å². The van der Waals surface area contributed by atoms with E-state index in [-0.39, 0.29) is 5.56 Å². The van der Waals surface area contributed by atoms with Crippen molar-refractivity contribution < 1.29 is 0 Å². The van der Waals surface area contributed by atoms with Crippen molar-refractivity contribution in [3.8, 4) is 0 Å². The topological polar surface area (TPSA) is 97.8 Å². The number of hydrogen-bond acceptors (Lipinski definition) is 4. The molecule has 0 aromatic carbocycles. The Kier molecular flexibility index (Phi) is 3.70. The Bertz CT molecular complexity index is 422. The SMILES string of the molecule is CCCc1c(N)nc([C@](C)(N)CC)[nH]c1=O. The Labute approximate surface area is 95.3 Å². The average Bonchev–Trinajstić information content (AvgIpc) is 2.23. The van der Waals surface area contributed by atoms with E-state index in [1.54, 1.807) is 0 Å². The van der Waals surface area contributed by atoms with E-state index in [2.05, 4.69) is 9.97 Å². The number of nitrogens with zero attached hydrogens (tertiary/aromatic N) is 1. The Hall–Kier alpha value is -1.36. The van der Waals surface area contributed by atoms with Gasteiger partial charge in [-0.3, -0.25) is 4.79 Å². The fraction of sp³-hybridized carbons (Fsp3) is 0.636. The molecule has 0 bridgehead atoms. The van der Waals surface area contributed by atoms with Crippen LogP contribution < -0.4 is 17.0 Å².